The molecular weight excluding hydrogens is 156 g/mol. The average molecular weight is 173 g/mol. The highest BCUT2D eigenvalue weighted by atomic mass is 13.9. The summed E-state index contributed by atoms with van der Waals surface area (Å²) in [5.74, 6) is 0. The summed E-state index contributed by atoms with van der Waals surface area (Å²) in [6, 6.07) is 0. The number of hydrogen-bond donors (Lipinski definition) is 0. The molecule has 0 spiro atoms. The van der Waals surface area contributed by atoms with Crippen molar-refractivity contribution in [3.63, 3.8) is 0 Å². The lowest BCUT2D eigenvalue weighted by Gasteiger charge is -1.91. The Bertz CT molecular complexity index is 216. The molecule has 1 aliphatic carbocycles. The molecule has 1 aliphatic rings. The quantitative estimate of drug-likeness (QED) is 0.486. The molecule has 0 aliphatic heterocycles. The van der Waals surface area contributed by atoms with Gasteiger partial charge in [0.25, 0.3) is 0 Å². The standard InChI is InChI=1S/C13H17/c1-2-4-6-8-10-12-13-11-9-7-5-3-1/h1-3,6-9H,4,10-13H2/b2-1-,5-3?,8-6-,9-7+. The third kappa shape index (κ3) is 6.15. The fourth-order valence-electron chi connectivity index (χ4n) is 1.23. The second-order valence-electron chi connectivity index (χ2n) is 3.16. The van der Waals surface area contributed by atoms with Crippen molar-refractivity contribution in [2.24, 2.45) is 0 Å². The molecule has 0 atom stereocenters. The third-order valence-corrected chi connectivity index (χ3v) is 1.97. The summed E-state index contributed by atoms with van der Waals surface area (Å²) in [6.45, 7) is 0. The van der Waals surface area contributed by atoms with E-state index in [-0.39, 0.29) is 0 Å². The summed E-state index contributed by atoms with van der Waals surface area (Å²) >= 11 is 0. The summed E-state index contributed by atoms with van der Waals surface area (Å²) in [7, 11) is 0. The summed E-state index contributed by atoms with van der Waals surface area (Å²) in [5, 5.41) is 0. The summed E-state index contributed by atoms with van der Waals surface area (Å²) in [5.41, 5.74) is 0. The minimum atomic E-state index is 1.04. The molecule has 69 valence electrons. The van der Waals surface area contributed by atoms with E-state index >= 15 is 0 Å². The van der Waals surface area contributed by atoms with E-state index in [4.69, 9.17) is 0 Å². The average Bonchev–Trinajstić information content (AvgIpc) is 2.18. The largest absolute Gasteiger partial charge is 0.0882 e. The van der Waals surface area contributed by atoms with E-state index in [0.29, 0.717) is 0 Å². The Morgan fingerprint density at radius 2 is 1.69 bits per heavy atom. The molecule has 0 unspecified atom stereocenters. The van der Waals surface area contributed by atoms with E-state index in [1.54, 1.807) is 0 Å². The van der Waals surface area contributed by atoms with Gasteiger partial charge in [0.2, 0.25) is 0 Å². The molecule has 0 N–H and O–H groups in total. The van der Waals surface area contributed by atoms with Crippen LogP contribution in [0.25, 0.3) is 0 Å². The molecule has 1 rings (SSSR count). The van der Waals surface area contributed by atoms with E-state index in [1.165, 1.54) is 25.7 Å². The van der Waals surface area contributed by atoms with Gasteiger partial charge in [-0.2, -0.15) is 0 Å². The van der Waals surface area contributed by atoms with Gasteiger partial charge in [-0.15, -0.1) is 0 Å². The van der Waals surface area contributed by atoms with Crippen LogP contribution in [0.4, 0.5) is 0 Å². The van der Waals surface area contributed by atoms with Gasteiger partial charge >= 0.3 is 0 Å². The van der Waals surface area contributed by atoms with Crippen molar-refractivity contribution in [1.82, 2.24) is 0 Å². The van der Waals surface area contributed by atoms with Crippen LogP contribution < -0.4 is 0 Å². The van der Waals surface area contributed by atoms with Crippen molar-refractivity contribution >= 4 is 0 Å². The molecule has 0 aromatic carbocycles. The van der Waals surface area contributed by atoms with Gasteiger partial charge in [-0.1, -0.05) is 42.5 Å². The number of allylic oxidation sites excluding steroid dienone is 8. The highest BCUT2D eigenvalue weighted by Gasteiger charge is 1.83. The maximum Gasteiger partial charge on any atom is -0.0166 e. The lowest BCUT2D eigenvalue weighted by Crippen LogP contribution is -1.71. The Morgan fingerprint density at radius 1 is 0.846 bits per heavy atom. The normalized spacial score (nSPS) is 28.9. The van der Waals surface area contributed by atoms with E-state index < -0.39 is 0 Å². The predicted molar refractivity (Wildman–Crippen MR) is 58.3 cm³/mol. The van der Waals surface area contributed by atoms with Crippen LogP contribution in [0.2, 0.25) is 0 Å². The Labute approximate surface area is 81.4 Å². The first-order valence-electron chi connectivity index (χ1n) is 5.04. The van der Waals surface area contributed by atoms with Crippen molar-refractivity contribution in [2.75, 3.05) is 0 Å². The monoisotopic (exact) mass is 173 g/mol. The van der Waals surface area contributed by atoms with Crippen molar-refractivity contribution in [3.05, 3.63) is 48.6 Å². The van der Waals surface area contributed by atoms with Crippen LogP contribution in [0.1, 0.15) is 32.1 Å². The highest BCUT2D eigenvalue weighted by molar-refractivity contribution is 5.07. The second-order valence-corrected chi connectivity index (χ2v) is 3.16. The fraction of sp³-hybridized carbons (Fsp3) is 0.385. The molecule has 0 heterocycles. The molecule has 0 heteroatoms. The van der Waals surface area contributed by atoms with Crippen LogP contribution in [0.3, 0.4) is 0 Å². The van der Waals surface area contributed by atoms with Crippen LogP contribution in [0, 0.1) is 6.08 Å². The predicted octanol–water partition coefficient (Wildman–Crippen LogP) is 3.98. The van der Waals surface area contributed by atoms with Gasteiger partial charge in [-0.3, -0.25) is 0 Å². The van der Waals surface area contributed by atoms with E-state index in [0.717, 1.165) is 6.42 Å². The maximum absolute atomic E-state index is 3.11. The van der Waals surface area contributed by atoms with E-state index in [1.807, 2.05) is 18.2 Å². The molecule has 13 heavy (non-hydrogen) atoms. The minimum Gasteiger partial charge on any atom is -0.0882 e. The summed E-state index contributed by atoms with van der Waals surface area (Å²) in [4.78, 5) is 0. The third-order valence-electron chi connectivity index (χ3n) is 1.97. The number of rotatable bonds is 0. The van der Waals surface area contributed by atoms with Gasteiger partial charge in [0.05, 0.1) is 0 Å². The van der Waals surface area contributed by atoms with E-state index in [9.17, 15) is 0 Å². The molecule has 0 fully saturated rings. The van der Waals surface area contributed by atoms with Gasteiger partial charge in [0, 0.05) is 0 Å². The first kappa shape index (κ1) is 10.0. The summed E-state index contributed by atoms with van der Waals surface area (Å²) < 4.78 is 0. The van der Waals surface area contributed by atoms with Crippen molar-refractivity contribution in [1.29, 1.82) is 0 Å². The van der Waals surface area contributed by atoms with Gasteiger partial charge in [0.1, 0.15) is 0 Å². The Hall–Kier alpha value is -1.04. The molecule has 0 aromatic rings. The Kier molecular flexibility index (Phi) is 5.87. The first-order valence-corrected chi connectivity index (χ1v) is 5.04. The molecule has 0 aromatic heterocycles. The maximum atomic E-state index is 3.11. The molecule has 0 saturated carbocycles. The van der Waals surface area contributed by atoms with Gasteiger partial charge < -0.3 is 0 Å². The zero-order valence-electron chi connectivity index (χ0n) is 8.08. The molecule has 1 radical (unpaired) electrons. The molecule has 0 nitrogen and oxygen atoms in total. The van der Waals surface area contributed by atoms with Crippen LogP contribution in [-0.2, 0) is 0 Å². The Balaban J connectivity index is 2.38. The smallest absolute Gasteiger partial charge is 0.0166 e. The lowest BCUT2D eigenvalue weighted by molar-refractivity contribution is 0.761. The summed E-state index contributed by atoms with van der Waals surface area (Å²) in [6.07, 6.45) is 24.0. The second kappa shape index (κ2) is 7.60. The fourth-order valence-corrected chi connectivity index (χ4v) is 1.23. The molecular formula is C13H17. The van der Waals surface area contributed by atoms with Crippen molar-refractivity contribution < 1.29 is 0 Å². The van der Waals surface area contributed by atoms with Gasteiger partial charge in [0.15, 0.2) is 0 Å². The topological polar surface area (TPSA) is 0 Å². The van der Waals surface area contributed by atoms with Gasteiger partial charge in [-0.05, 0) is 38.2 Å². The molecule has 0 amide bonds. The first-order chi connectivity index (χ1) is 6.50. The van der Waals surface area contributed by atoms with Crippen molar-refractivity contribution in [2.45, 2.75) is 32.1 Å². The molecule has 0 saturated heterocycles. The van der Waals surface area contributed by atoms with Crippen LogP contribution >= 0.6 is 0 Å². The van der Waals surface area contributed by atoms with Crippen LogP contribution in [-0.4, -0.2) is 0 Å². The zero-order valence-corrected chi connectivity index (χ0v) is 8.08. The Morgan fingerprint density at radius 3 is 2.62 bits per heavy atom. The van der Waals surface area contributed by atoms with Crippen LogP contribution in [0.5, 0.6) is 0 Å². The van der Waals surface area contributed by atoms with E-state index in [2.05, 4.69) is 30.4 Å². The lowest BCUT2D eigenvalue weighted by atomic mass is 10.2. The molecule has 0 bridgehead atoms. The van der Waals surface area contributed by atoms with Crippen LogP contribution in [0.15, 0.2) is 42.5 Å². The highest BCUT2D eigenvalue weighted by Crippen LogP contribution is 2.02. The minimum absolute atomic E-state index is 1.04. The van der Waals surface area contributed by atoms with Gasteiger partial charge in [-0.25, -0.2) is 0 Å². The number of hydrogen-bond acceptors (Lipinski definition) is 0. The van der Waals surface area contributed by atoms with Crippen molar-refractivity contribution in [3.8, 4) is 0 Å². The zero-order chi connectivity index (χ0) is 9.19. The SMILES string of the molecule is [C]1=C/C=C\C/C=C\CCCC/C=C/1.